The molecule has 0 saturated heterocycles. The van der Waals surface area contributed by atoms with Crippen LogP contribution in [0.1, 0.15) is 12.8 Å². The molecule has 112 valence electrons. The molecule has 0 aliphatic rings. The van der Waals surface area contributed by atoms with Gasteiger partial charge in [0.2, 0.25) is 5.91 Å². The van der Waals surface area contributed by atoms with Crippen LogP contribution in [-0.4, -0.2) is 44.5 Å². The first kappa shape index (κ1) is 16.5. The minimum atomic E-state index is -0.766. The molecule has 1 rings (SSSR count). The van der Waals surface area contributed by atoms with E-state index >= 15 is 0 Å². The summed E-state index contributed by atoms with van der Waals surface area (Å²) in [5.41, 5.74) is 0.00371. The van der Waals surface area contributed by atoms with E-state index < -0.39 is 11.6 Å². The molecule has 0 radical (unpaired) electrons. The Morgan fingerprint density at radius 1 is 1.25 bits per heavy atom. The molecule has 6 heteroatoms. The number of rotatable bonds is 8. The summed E-state index contributed by atoms with van der Waals surface area (Å²) in [5, 5.41) is 5.56. The zero-order chi connectivity index (χ0) is 15.0. The number of halogens is 2. The minimum Gasteiger partial charge on any atom is -0.324 e. The zero-order valence-electron chi connectivity index (χ0n) is 11.9. The maximum atomic E-state index is 13.3. The number of carbonyl (C=O) groups excluding carboxylic acids is 1. The van der Waals surface area contributed by atoms with Crippen LogP contribution >= 0.6 is 0 Å². The number of benzene rings is 1. The lowest BCUT2D eigenvalue weighted by atomic mass is 10.3. The first-order chi connectivity index (χ1) is 9.49. The number of carbonyl (C=O) groups is 1. The summed E-state index contributed by atoms with van der Waals surface area (Å²) in [6.45, 7) is 2.35. The minimum absolute atomic E-state index is 0.00371. The smallest absolute Gasteiger partial charge is 0.225 e. The third-order valence-electron chi connectivity index (χ3n) is 2.69. The van der Waals surface area contributed by atoms with Gasteiger partial charge in [-0.25, -0.2) is 8.78 Å². The normalized spacial score (nSPS) is 10.8. The van der Waals surface area contributed by atoms with Gasteiger partial charge in [0.25, 0.3) is 0 Å². The summed E-state index contributed by atoms with van der Waals surface area (Å²) in [5.74, 6) is -1.73. The number of amides is 1. The number of anilines is 1. The first-order valence-corrected chi connectivity index (χ1v) is 6.59. The van der Waals surface area contributed by atoms with Gasteiger partial charge in [0.15, 0.2) is 0 Å². The van der Waals surface area contributed by atoms with Crippen molar-refractivity contribution < 1.29 is 13.6 Å². The van der Waals surface area contributed by atoms with Gasteiger partial charge in [0.1, 0.15) is 11.6 Å². The van der Waals surface area contributed by atoms with Crippen LogP contribution < -0.4 is 10.6 Å². The Bertz CT molecular complexity index is 438. The molecule has 0 bridgehead atoms. The summed E-state index contributed by atoms with van der Waals surface area (Å²) >= 11 is 0. The number of hydrogen-bond donors (Lipinski definition) is 2. The number of nitrogens with one attached hydrogen (secondary N) is 2. The predicted octanol–water partition coefficient (Wildman–Crippen LogP) is 1.83. The molecule has 0 aliphatic heterocycles. The summed E-state index contributed by atoms with van der Waals surface area (Å²) in [7, 11) is 4.01. The van der Waals surface area contributed by atoms with Gasteiger partial charge in [0.05, 0.1) is 5.69 Å². The van der Waals surface area contributed by atoms with E-state index in [1.165, 1.54) is 6.07 Å². The van der Waals surface area contributed by atoms with Gasteiger partial charge in [-0.1, -0.05) is 0 Å². The molecule has 0 fully saturated rings. The summed E-state index contributed by atoms with van der Waals surface area (Å²) in [6.07, 6.45) is 1.25. The molecular weight excluding hydrogens is 264 g/mol. The fraction of sp³-hybridized carbons (Fsp3) is 0.500. The van der Waals surface area contributed by atoms with Crippen molar-refractivity contribution >= 4 is 11.6 Å². The third kappa shape index (κ3) is 6.58. The van der Waals surface area contributed by atoms with Gasteiger partial charge < -0.3 is 15.5 Å². The van der Waals surface area contributed by atoms with E-state index in [0.29, 0.717) is 6.54 Å². The fourth-order valence-corrected chi connectivity index (χ4v) is 1.65. The van der Waals surface area contributed by atoms with Gasteiger partial charge in [-0.2, -0.15) is 0 Å². The Hall–Kier alpha value is -1.53. The van der Waals surface area contributed by atoms with Crippen molar-refractivity contribution in [3.05, 3.63) is 29.8 Å². The molecule has 0 spiro atoms. The van der Waals surface area contributed by atoms with E-state index in [2.05, 4.69) is 15.5 Å². The third-order valence-corrected chi connectivity index (χ3v) is 2.69. The first-order valence-electron chi connectivity index (χ1n) is 6.59. The molecular formula is C14H21F2N3O. The quantitative estimate of drug-likeness (QED) is 0.716. The van der Waals surface area contributed by atoms with Crippen LogP contribution in [0.25, 0.3) is 0 Å². The molecule has 0 aliphatic carbocycles. The largest absolute Gasteiger partial charge is 0.324 e. The van der Waals surface area contributed by atoms with Crippen LogP contribution in [0.4, 0.5) is 14.5 Å². The van der Waals surface area contributed by atoms with Gasteiger partial charge in [-0.05, 0) is 45.7 Å². The zero-order valence-corrected chi connectivity index (χ0v) is 11.9. The average molecular weight is 285 g/mol. The molecule has 0 atom stereocenters. The highest BCUT2D eigenvalue weighted by Gasteiger charge is 2.07. The Kier molecular flexibility index (Phi) is 7.11. The summed E-state index contributed by atoms with van der Waals surface area (Å²) in [4.78, 5) is 13.7. The molecule has 1 aromatic carbocycles. The molecule has 2 N–H and O–H groups in total. The van der Waals surface area contributed by atoms with Crippen molar-refractivity contribution in [2.75, 3.05) is 39.0 Å². The van der Waals surface area contributed by atoms with Crippen molar-refractivity contribution in [1.82, 2.24) is 10.2 Å². The topological polar surface area (TPSA) is 44.4 Å². The van der Waals surface area contributed by atoms with Crippen LogP contribution in [-0.2, 0) is 4.79 Å². The van der Waals surface area contributed by atoms with Crippen molar-refractivity contribution in [2.24, 2.45) is 0 Å². The van der Waals surface area contributed by atoms with Crippen molar-refractivity contribution in [3.63, 3.8) is 0 Å². The van der Waals surface area contributed by atoms with Gasteiger partial charge in [0, 0.05) is 19.0 Å². The number of hydrogen-bond acceptors (Lipinski definition) is 3. The Morgan fingerprint density at radius 3 is 2.65 bits per heavy atom. The van der Waals surface area contributed by atoms with E-state index in [1.54, 1.807) is 0 Å². The lowest BCUT2D eigenvalue weighted by Crippen LogP contribution is -2.25. The van der Waals surface area contributed by atoms with Crippen LogP contribution in [0, 0.1) is 11.6 Å². The highest BCUT2D eigenvalue weighted by Crippen LogP contribution is 2.14. The lowest BCUT2D eigenvalue weighted by Gasteiger charge is -2.10. The van der Waals surface area contributed by atoms with Crippen LogP contribution in [0.3, 0.4) is 0 Å². The summed E-state index contributed by atoms with van der Waals surface area (Å²) in [6, 6.07) is 3.07. The monoisotopic (exact) mass is 285 g/mol. The molecule has 1 aromatic rings. The van der Waals surface area contributed by atoms with E-state index in [0.717, 1.165) is 31.6 Å². The molecule has 20 heavy (non-hydrogen) atoms. The van der Waals surface area contributed by atoms with Crippen LogP contribution in [0.2, 0.25) is 0 Å². The Labute approximate surface area is 118 Å². The Morgan fingerprint density at radius 2 is 2.00 bits per heavy atom. The van der Waals surface area contributed by atoms with E-state index in [-0.39, 0.29) is 18.0 Å². The maximum Gasteiger partial charge on any atom is 0.225 e. The molecule has 0 heterocycles. The van der Waals surface area contributed by atoms with E-state index in [4.69, 9.17) is 0 Å². The number of nitrogens with zero attached hydrogens (tertiary/aromatic N) is 1. The lowest BCUT2D eigenvalue weighted by molar-refractivity contribution is -0.116. The van der Waals surface area contributed by atoms with Crippen LogP contribution in [0.15, 0.2) is 18.2 Å². The second kappa shape index (κ2) is 8.60. The van der Waals surface area contributed by atoms with E-state index in [1.807, 2.05) is 14.1 Å². The average Bonchev–Trinajstić information content (AvgIpc) is 2.36. The van der Waals surface area contributed by atoms with Crippen molar-refractivity contribution in [2.45, 2.75) is 12.8 Å². The second-order valence-corrected chi connectivity index (χ2v) is 4.83. The van der Waals surface area contributed by atoms with Gasteiger partial charge in [-0.15, -0.1) is 0 Å². The molecule has 1 amide bonds. The van der Waals surface area contributed by atoms with Crippen molar-refractivity contribution in [1.29, 1.82) is 0 Å². The van der Waals surface area contributed by atoms with Gasteiger partial charge in [-0.3, -0.25) is 4.79 Å². The predicted molar refractivity (Wildman–Crippen MR) is 75.6 cm³/mol. The SMILES string of the molecule is CN(C)CCCNCCC(=O)Nc1ccc(F)cc1F. The highest BCUT2D eigenvalue weighted by atomic mass is 19.1. The molecule has 4 nitrogen and oxygen atoms in total. The van der Waals surface area contributed by atoms with Crippen molar-refractivity contribution in [3.8, 4) is 0 Å². The molecule has 0 unspecified atom stereocenters. The second-order valence-electron chi connectivity index (χ2n) is 4.83. The highest BCUT2D eigenvalue weighted by molar-refractivity contribution is 5.90. The summed E-state index contributed by atoms with van der Waals surface area (Å²) < 4.78 is 26.0. The van der Waals surface area contributed by atoms with E-state index in [9.17, 15) is 13.6 Å². The fourth-order valence-electron chi connectivity index (χ4n) is 1.65. The Balaban J connectivity index is 2.20. The standard InChI is InChI=1S/C14H21F2N3O/c1-19(2)9-3-7-17-8-6-14(20)18-13-5-4-11(15)10-12(13)16/h4-5,10,17H,3,6-9H2,1-2H3,(H,18,20). The maximum absolute atomic E-state index is 13.3. The molecule has 0 aromatic heterocycles. The molecule has 0 saturated carbocycles. The van der Waals surface area contributed by atoms with Gasteiger partial charge >= 0.3 is 0 Å². The van der Waals surface area contributed by atoms with Crippen LogP contribution in [0.5, 0.6) is 0 Å².